The fourth-order valence-corrected chi connectivity index (χ4v) is 3.00. The zero-order valence-corrected chi connectivity index (χ0v) is 16.2. The fourth-order valence-electron chi connectivity index (χ4n) is 2.39. The topological polar surface area (TPSA) is 103 Å². The molecule has 9 heteroatoms. The van der Waals surface area contributed by atoms with Crippen LogP contribution in [0, 0.1) is 10.1 Å². The molecule has 0 fully saturated rings. The Morgan fingerprint density at radius 1 is 1.21 bits per heavy atom. The molecule has 1 heterocycles. The number of methoxy groups -OCH3 is 1. The van der Waals surface area contributed by atoms with Gasteiger partial charge in [0, 0.05) is 12.1 Å². The number of thiophene rings is 1. The number of hydrogen-bond acceptors (Lipinski definition) is 7. The Morgan fingerprint density at radius 3 is 2.66 bits per heavy atom. The molecule has 0 atom stereocenters. The minimum atomic E-state index is -0.448. The number of benzene rings is 2. The number of nitrogens with zero attached hydrogens (tertiary/aromatic N) is 2. The van der Waals surface area contributed by atoms with Crippen LogP contribution in [0.5, 0.6) is 11.5 Å². The highest BCUT2D eigenvalue weighted by Crippen LogP contribution is 2.28. The average molecular weight is 411 g/mol. The highest BCUT2D eigenvalue weighted by molar-refractivity contribution is 7.12. The van der Waals surface area contributed by atoms with Crippen molar-refractivity contribution in [2.75, 3.05) is 7.11 Å². The van der Waals surface area contributed by atoms with Crippen molar-refractivity contribution in [2.24, 2.45) is 5.10 Å². The van der Waals surface area contributed by atoms with Gasteiger partial charge in [-0.2, -0.15) is 5.10 Å². The van der Waals surface area contributed by atoms with Gasteiger partial charge in [-0.15, -0.1) is 11.3 Å². The summed E-state index contributed by atoms with van der Waals surface area (Å²) in [7, 11) is 1.52. The SMILES string of the molecule is COc1cc(/C=N\NC(=O)c2cccs2)ccc1OCc1ccc([N+](=O)[O-])cc1. The first-order chi connectivity index (χ1) is 14.1. The molecular formula is C20H17N3O5S. The molecule has 1 aromatic heterocycles. The molecule has 0 saturated heterocycles. The Morgan fingerprint density at radius 2 is 2.00 bits per heavy atom. The third-order valence-electron chi connectivity index (χ3n) is 3.85. The van der Waals surface area contributed by atoms with Gasteiger partial charge < -0.3 is 9.47 Å². The number of nitro groups is 1. The summed E-state index contributed by atoms with van der Waals surface area (Å²) in [5.74, 6) is 0.748. The summed E-state index contributed by atoms with van der Waals surface area (Å²) in [6.45, 7) is 0.235. The maximum Gasteiger partial charge on any atom is 0.281 e. The number of amides is 1. The molecule has 8 nitrogen and oxygen atoms in total. The third-order valence-corrected chi connectivity index (χ3v) is 4.72. The summed E-state index contributed by atoms with van der Waals surface area (Å²) in [6, 6.07) is 14.9. The van der Waals surface area contributed by atoms with Gasteiger partial charge in [0.25, 0.3) is 11.6 Å². The molecule has 148 valence electrons. The number of carbonyl (C=O) groups excluding carboxylic acids is 1. The number of hydrogen-bond donors (Lipinski definition) is 1. The number of hydrazone groups is 1. The van der Waals surface area contributed by atoms with Gasteiger partial charge in [-0.1, -0.05) is 6.07 Å². The monoisotopic (exact) mass is 411 g/mol. The maximum atomic E-state index is 11.9. The normalized spacial score (nSPS) is 10.7. The number of ether oxygens (including phenoxy) is 2. The maximum absolute atomic E-state index is 11.9. The van der Waals surface area contributed by atoms with E-state index in [1.165, 1.54) is 36.8 Å². The first kappa shape index (κ1) is 20.0. The predicted molar refractivity (Wildman–Crippen MR) is 110 cm³/mol. The molecule has 2 aromatic carbocycles. The van der Waals surface area contributed by atoms with E-state index in [1.807, 2.05) is 5.38 Å². The van der Waals surface area contributed by atoms with E-state index in [9.17, 15) is 14.9 Å². The quantitative estimate of drug-likeness (QED) is 0.343. The smallest absolute Gasteiger partial charge is 0.281 e. The van der Waals surface area contributed by atoms with Gasteiger partial charge in [0.15, 0.2) is 11.5 Å². The number of carbonyl (C=O) groups is 1. The second-order valence-corrected chi connectivity index (χ2v) is 6.75. The molecule has 0 radical (unpaired) electrons. The molecule has 0 aliphatic carbocycles. The van der Waals surface area contributed by atoms with Gasteiger partial charge >= 0.3 is 0 Å². The van der Waals surface area contributed by atoms with Crippen LogP contribution in [0.1, 0.15) is 20.8 Å². The molecule has 29 heavy (non-hydrogen) atoms. The summed E-state index contributed by atoms with van der Waals surface area (Å²) >= 11 is 1.34. The van der Waals surface area contributed by atoms with Crippen LogP contribution in [0.15, 0.2) is 65.1 Å². The van der Waals surface area contributed by atoms with Crippen molar-refractivity contribution in [3.63, 3.8) is 0 Å². The lowest BCUT2D eigenvalue weighted by Crippen LogP contribution is -2.16. The van der Waals surface area contributed by atoms with Gasteiger partial charge in [0.2, 0.25) is 0 Å². The van der Waals surface area contributed by atoms with Gasteiger partial charge in [-0.3, -0.25) is 14.9 Å². The summed E-state index contributed by atoms with van der Waals surface area (Å²) in [4.78, 5) is 22.7. The zero-order valence-electron chi connectivity index (χ0n) is 15.4. The van der Waals surface area contributed by atoms with Crippen molar-refractivity contribution < 1.29 is 19.2 Å². The molecule has 0 bridgehead atoms. The summed E-state index contributed by atoms with van der Waals surface area (Å²) < 4.78 is 11.1. The minimum Gasteiger partial charge on any atom is -0.493 e. The molecular weight excluding hydrogens is 394 g/mol. The Bertz CT molecular complexity index is 1020. The lowest BCUT2D eigenvalue weighted by molar-refractivity contribution is -0.384. The van der Waals surface area contributed by atoms with Crippen molar-refractivity contribution in [1.82, 2.24) is 5.43 Å². The lowest BCUT2D eigenvalue weighted by atomic mass is 10.2. The van der Waals surface area contributed by atoms with E-state index < -0.39 is 4.92 Å². The number of nitrogens with one attached hydrogen (secondary N) is 1. The van der Waals surface area contributed by atoms with Crippen LogP contribution in [-0.2, 0) is 6.61 Å². The first-order valence-electron chi connectivity index (χ1n) is 8.48. The fraction of sp³-hybridized carbons (Fsp3) is 0.100. The van der Waals surface area contributed by atoms with Gasteiger partial charge in [0.1, 0.15) is 6.61 Å². The first-order valence-corrected chi connectivity index (χ1v) is 9.36. The van der Waals surface area contributed by atoms with Crippen molar-refractivity contribution in [3.8, 4) is 11.5 Å². The molecule has 1 N–H and O–H groups in total. The lowest BCUT2D eigenvalue weighted by Gasteiger charge is -2.11. The molecule has 3 aromatic rings. The average Bonchev–Trinajstić information content (AvgIpc) is 3.28. The van der Waals surface area contributed by atoms with Crippen LogP contribution < -0.4 is 14.9 Å². The number of rotatable bonds is 8. The van der Waals surface area contributed by atoms with E-state index in [-0.39, 0.29) is 18.2 Å². The molecule has 0 unspecified atom stereocenters. The van der Waals surface area contributed by atoms with Crippen LogP contribution in [0.25, 0.3) is 0 Å². The van der Waals surface area contributed by atoms with E-state index >= 15 is 0 Å². The summed E-state index contributed by atoms with van der Waals surface area (Å²) in [5.41, 5.74) is 4.00. The minimum absolute atomic E-state index is 0.0288. The standard InChI is InChI=1S/C20H17N3O5S/c1-27-18-11-15(12-21-22-20(24)19-3-2-10-29-19)6-9-17(18)28-13-14-4-7-16(8-5-14)23(25)26/h2-12H,13H2,1H3,(H,22,24)/b21-12-. The van der Waals surface area contributed by atoms with E-state index in [0.717, 1.165) is 11.1 Å². The molecule has 0 aliphatic heterocycles. The third kappa shape index (κ3) is 5.39. The molecule has 0 spiro atoms. The van der Waals surface area contributed by atoms with Crippen molar-refractivity contribution in [2.45, 2.75) is 6.61 Å². The van der Waals surface area contributed by atoms with Gasteiger partial charge in [-0.25, -0.2) is 5.43 Å². The summed E-state index contributed by atoms with van der Waals surface area (Å²) in [6.07, 6.45) is 1.51. The highest BCUT2D eigenvalue weighted by Gasteiger charge is 2.08. The second-order valence-electron chi connectivity index (χ2n) is 5.80. The Hall–Kier alpha value is -3.72. The van der Waals surface area contributed by atoms with E-state index in [4.69, 9.17) is 9.47 Å². The van der Waals surface area contributed by atoms with Crippen LogP contribution in [0.4, 0.5) is 5.69 Å². The highest BCUT2D eigenvalue weighted by atomic mass is 32.1. The van der Waals surface area contributed by atoms with E-state index in [2.05, 4.69) is 10.5 Å². The van der Waals surface area contributed by atoms with Crippen molar-refractivity contribution in [1.29, 1.82) is 0 Å². The summed E-state index contributed by atoms with van der Waals surface area (Å²) in [5, 5.41) is 16.5. The molecule has 3 rings (SSSR count). The van der Waals surface area contributed by atoms with Gasteiger partial charge in [0.05, 0.1) is 23.1 Å². The number of nitro benzene ring substituents is 1. The number of non-ortho nitro benzene ring substituents is 1. The van der Waals surface area contributed by atoms with E-state index in [1.54, 1.807) is 42.5 Å². The molecule has 0 saturated carbocycles. The zero-order chi connectivity index (χ0) is 20.6. The van der Waals surface area contributed by atoms with E-state index in [0.29, 0.717) is 16.4 Å². The van der Waals surface area contributed by atoms with Crippen LogP contribution >= 0.6 is 11.3 Å². The molecule has 0 aliphatic rings. The Kier molecular flexibility index (Phi) is 6.54. The van der Waals surface area contributed by atoms with Crippen molar-refractivity contribution in [3.05, 3.63) is 86.1 Å². The van der Waals surface area contributed by atoms with Crippen LogP contribution in [-0.4, -0.2) is 24.2 Å². The van der Waals surface area contributed by atoms with Crippen molar-refractivity contribution >= 4 is 29.1 Å². The Labute approximate surface area is 170 Å². The Balaban J connectivity index is 1.61. The predicted octanol–water partition coefficient (Wildman–Crippen LogP) is 4.01. The second kappa shape index (κ2) is 9.47. The van der Waals surface area contributed by atoms with Crippen LogP contribution in [0.3, 0.4) is 0 Å². The van der Waals surface area contributed by atoms with Gasteiger partial charge in [-0.05, 0) is 52.9 Å². The van der Waals surface area contributed by atoms with Crippen LogP contribution in [0.2, 0.25) is 0 Å². The molecule has 1 amide bonds. The largest absolute Gasteiger partial charge is 0.493 e.